The Morgan fingerprint density at radius 1 is 1.25 bits per heavy atom. The lowest BCUT2D eigenvalue weighted by Crippen LogP contribution is -2.40. The monoisotopic (exact) mass is 419 g/mol. The summed E-state index contributed by atoms with van der Waals surface area (Å²) >= 11 is 0. The zero-order chi connectivity index (χ0) is 21.0. The van der Waals surface area contributed by atoms with E-state index in [0.29, 0.717) is 31.9 Å². The van der Waals surface area contributed by atoms with Gasteiger partial charge < -0.3 is 10.2 Å². The number of carbonyl (C=O) groups excluding carboxylic acids is 1. The summed E-state index contributed by atoms with van der Waals surface area (Å²) < 4.78 is 32.4. The molecule has 0 aromatic rings. The third-order valence-corrected chi connectivity index (χ3v) is 5.43. The molecule has 1 unspecified atom stereocenters. The van der Waals surface area contributed by atoms with Crippen LogP contribution in [0.3, 0.4) is 0 Å². The minimum Gasteiger partial charge on any atom is -0.392 e. The van der Waals surface area contributed by atoms with Crippen molar-refractivity contribution >= 4 is 21.7 Å². The lowest BCUT2D eigenvalue weighted by atomic mass is 10.1. The highest BCUT2D eigenvalue weighted by atomic mass is 32.2. The van der Waals surface area contributed by atoms with Gasteiger partial charge in [-0.3, -0.25) is 18.8 Å². The van der Waals surface area contributed by atoms with Gasteiger partial charge in [-0.05, 0) is 25.7 Å². The molecule has 1 aliphatic heterocycles. The first-order valence-electron chi connectivity index (χ1n) is 10.1. The number of β-amino-alcohol motifs (C(OH)–C–C–N with tert-alkyl or cyclic N) is 2. The molecule has 0 saturated heterocycles. The number of ketones is 1. The Kier molecular flexibility index (Phi) is 11.5. The van der Waals surface area contributed by atoms with Crippen LogP contribution in [0.5, 0.6) is 0 Å². The Labute approximate surface area is 168 Å². The molecule has 0 aliphatic carbocycles. The van der Waals surface area contributed by atoms with Crippen LogP contribution < -0.4 is 0 Å². The Morgan fingerprint density at radius 3 is 2.61 bits per heavy atom. The van der Waals surface area contributed by atoms with Crippen LogP contribution in [0.25, 0.3) is 0 Å². The van der Waals surface area contributed by atoms with Crippen LogP contribution in [-0.4, -0.2) is 88.9 Å². The van der Waals surface area contributed by atoms with Gasteiger partial charge in [0.2, 0.25) is 5.78 Å². The van der Waals surface area contributed by atoms with Crippen LogP contribution >= 0.6 is 0 Å². The van der Waals surface area contributed by atoms with Gasteiger partial charge >= 0.3 is 5.84 Å². The maximum atomic E-state index is 12.7. The highest BCUT2D eigenvalue weighted by Crippen LogP contribution is 2.11. The molecule has 3 N–H and O–H groups in total. The third kappa shape index (κ3) is 9.77. The van der Waals surface area contributed by atoms with Gasteiger partial charge in [0, 0.05) is 6.42 Å². The van der Waals surface area contributed by atoms with Gasteiger partial charge in [-0.1, -0.05) is 31.9 Å². The zero-order valence-electron chi connectivity index (χ0n) is 16.8. The normalized spacial score (nSPS) is 16.4. The number of nitrogens with zero attached hydrogens (tertiary/aromatic N) is 2. The van der Waals surface area contributed by atoms with Crippen molar-refractivity contribution in [2.24, 2.45) is 0 Å². The fourth-order valence-corrected chi connectivity index (χ4v) is 3.96. The lowest BCUT2D eigenvalue weighted by molar-refractivity contribution is -0.525. The molecule has 162 valence electrons. The SMILES string of the molecule is CC/C=C/CCCCCCC(=O)C1=[N+](CC(O)CS(=O)(=O)O)CCN1CCO. The van der Waals surface area contributed by atoms with E-state index in [2.05, 4.69) is 19.1 Å². The minimum atomic E-state index is -4.28. The first kappa shape index (κ1) is 24.7. The van der Waals surface area contributed by atoms with Crippen molar-refractivity contribution in [2.45, 2.75) is 58.0 Å². The minimum absolute atomic E-state index is 0.0491. The average molecular weight is 420 g/mol. The van der Waals surface area contributed by atoms with Crippen LogP contribution in [0.15, 0.2) is 12.2 Å². The third-order valence-electron chi connectivity index (χ3n) is 4.62. The number of amidine groups is 1. The summed E-state index contributed by atoms with van der Waals surface area (Å²) in [6.07, 6.45) is 9.44. The molecule has 1 rings (SSSR count). The van der Waals surface area contributed by atoms with E-state index in [1.54, 1.807) is 9.48 Å². The maximum absolute atomic E-state index is 12.7. The van der Waals surface area contributed by atoms with Crippen LogP contribution in [0.1, 0.15) is 51.9 Å². The van der Waals surface area contributed by atoms with Crippen molar-refractivity contribution in [1.82, 2.24) is 4.90 Å². The van der Waals surface area contributed by atoms with Crippen molar-refractivity contribution in [2.75, 3.05) is 38.5 Å². The molecule has 0 amide bonds. The van der Waals surface area contributed by atoms with E-state index < -0.39 is 22.0 Å². The molecule has 0 radical (unpaired) electrons. The number of rotatable bonds is 15. The summed E-state index contributed by atoms with van der Waals surface area (Å²) in [4.78, 5) is 14.5. The molecule has 28 heavy (non-hydrogen) atoms. The second-order valence-corrected chi connectivity index (χ2v) is 8.64. The molecule has 0 aromatic heterocycles. The molecule has 9 heteroatoms. The fraction of sp³-hybridized carbons (Fsp3) is 0.789. The quantitative estimate of drug-likeness (QED) is 0.156. The Hall–Kier alpha value is -1.29. The molecule has 0 aromatic carbocycles. The highest BCUT2D eigenvalue weighted by molar-refractivity contribution is 7.85. The van der Waals surface area contributed by atoms with Gasteiger partial charge in [-0.15, -0.1) is 0 Å². The smallest absolute Gasteiger partial charge is 0.316 e. The summed E-state index contributed by atoms with van der Waals surface area (Å²) in [6.45, 7) is 3.27. The number of unbranched alkanes of at least 4 members (excludes halogenated alkanes) is 4. The predicted molar refractivity (Wildman–Crippen MR) is 108 cm³/mol. The summed E-state index contributed by atoms with van der Waals surface area (Å²) in [6, 6.07) is 0. The van der Waals surface area contributed by atoms with Crippen molar-refractivity contribution in [3.8, 4) is 0 Å². The van der Waals surface area contributed by atoms with Crippen molar-refractivity contribution in [1.29, 1.82) is 0 Å². The van der Waals surface area contributed by atoms with Gasteiger partial charge in [0.25, 0.3) is 10.1 Å². The van der Waals surface area contributed by atoms with E-state index in [-0.39, 0.29) is 18.9 Å². The predicted octanol–water partition coefficient (Wildman–Crippen LogP) is 0.830. The summed E-state index contributed by atoms with van der Waals surface area (Å²) in [7, 11) is -4.28. The van der Waals surface area contributed by atoms with E-state index in [1.807, 2.05) is 0 Å². The van der Waals surface area contributed by atoms with Crippen LogP contribution in [0, 0.1) is 0 Å². The van der Waals surface area contributed by atoms with Crippen molar-refractivity contribution < 1.29 is 32.6 Å². The number of hydrogen-bond donors (Lipinski definition) is 3. The number of Topliss-reactive ketones (excluding diaryl/α,β-unsaturated/α-hetero) is 1. The first-order chi connectivity index (χ1) is 13.3. The largest absolute Gasteiger partial charge is 0.392 e. The molecule has 8 nitrogen and oxygen atoms in total. The molecule has 0 spiro atoms. The Bertz CT molecular complexity index is 645. The fourth-order valence-electron chi connectivity index (χ4n) is 3.37. The van der Waals surface area contributed by atoms with Gasteiger partial charge in [-0.25, -0.2) is 0 Å². The Balaban J connectivity index is 2.60. The summed E-state index contributed by atoms with van der Waals surface area (Å²) in [5.41, 5.74) is 0. The van der Waals surface area contributed by atoms with E-state index in [1.165, 1.54) is 0 Å². The molecule has 0 bridgehead atoms. The van der Waals surface area contributed by atoms with E-state index in [4.69, 9.17) is 4.55 Å². The van der Waals surface area contributed by atoms with Gasteiger partial charge in [0.1, 0.15) is 38.0 Å². The highest BCUT2D eigenvalue weighted by Gasteiger charge is 2.36. The second kappa shape index (κ2) is 13.0. The molecule has 0 saturated carbocycles. The topological polar surface area (TPSA) is 118 Å². The molecule has 0 fully saturated rings. The van der Waals surface area contributed by atoms with E-state index in [9.17, 15) is 23.4 Å². The van der Waals surface area contributed by atoms with Crippen LogP contribution in [0.4, 0.5) is 0 Å². The summed E-state index contributed by atoms with van der Waals surface area (Å²) in [5, 5.41) is 19.1. The van der Waals surface area contributed by atoms with Gasteiger partial charge in [0.15, 0.2) is 0 Å². The number of aliphatic hydroxyl groups is 2. The molecule has 1 atom stereocenters. The van der Waals surface area contributed by atoms with Crippen LogP contribution in [0.2, 0.25) is 0 Å². The molecule has 1 heterocycles. The standard InChI is InChI=1S/C19H34N2O6S/c1-2-3-4-5-6-7-8-9-10-18(24)19-20(13-14-22)11-12-21(19)15-17(23)16-28(25,26)27/h3-4,17,22-23H,2,5-16H2,1H3/p+1/b4-3+. The zero-order valence-corrected chi connectivity index (χ0v) is 17.6. The number of hydrogen-bond acceptors (Lipinski definition) is 6. The van der Waals surface area contributed by atoms with Crippen LogP contribution in [-0.2, 0) is 14.9 Å². The second-order valence-electron chi connectivity index (χ2n) is 7.14. The van der Waals surface area contributed by atoms with E-state index >= 15 is 0 Å². The number of aliphatic hydroxyl groups excluding tert-OH is 2. The van der Waals surface area contributed by atoms with Gasteiger partial charge in [-0.2, -0.15) is 8.42 Å². The number of carbonyl (C=O) groups is 1. The van der Waals surface area contributed by atoms with E-state index in [0.717, 1.165) is 38.5 Å². The lowest BCUT2D eigenvalue weighted by Gasteiger charge is -2.13. The molecule has 1 aliphatic rings. The summed E-state index contributed by atoms with van der Waals surface area (Å²) in [5.74, 6) is -0.400. The van der Waals surface area contributed by atoms with Gasteiger partial charge in [0.05, 0.1) is 6.61 Å². The number of allylic oxidation sites excluding steroid dienone is 2. The average Bonchev–Trinajstić information content (AvgIpc) is 2.98. The van der Waals surface area contributed by atoms with Crippen molar-refractivity contribution in [3.05, 3.63) is 12.2 Å². The maximum Gasteiger partial charge on any atom is 0.316 e. The van der Waals surface area contributed by atoms with Crippen molar-refractivity contribution in [3.63, 3.8) is 0 Å². The molecular formula is C19H35N2O6S+. The molecular weight excluding hydrogens is 384 g/mol. The Morgan fingerprint density at radius 2 is 1.96 bits per heavy atom. The first-order valence-corrected chi connectivity index (χ1v) is 11.7.